The van der Waals surface area contributed by atoms with Crippen molar-refractivity contribution < 1.29 is 4.79 Å². The molecule has 64 valence electrons. The summed E-state index contributed by atoms with van der Waals surface area (Å²) >= 11 is 0. The molecule has 0 unspecified atom stereocenters. The fourth-order valence-electron chi connectivity index (χ4n) is 0.583. The lowest BCUT2D eigenvalue weighted by molar-refractivity contribution is -0.116. The lowest BCUT2D eigenvalue weighted by Crippen LogP contribution is -2.13. The predicted molar refractivity (Wildman–Crippen MR) is 51.7 cm³/mol. The van der Waals surface area contributed by atoms with E-state index in [1.165, 1.54) is 6.08 Å². The van der Waals surface area contributed by atoms with Crippen LogP contribution in [0.3, 0.4) is 0 Å². The summed E-state index contributed by atoms with van der Waals surface area (Å²) in [5.41, 5.74) is 0.855. The van der Waals surface area contributed by atoms with Crippen LogP contribution in [0.15, 0.2) is 49.1 Å². The standard InChI is InChI=1S/C10H13NO/c1-4-6-9(5-2)7-8-10(12)11-3/h4-8H,1-2H2,3H3,(H,11,12)/b8-7+,9-6+. The Morgan fingerprint density at radius 1 is 1.33 bits per heavy atom. The predicted octanol–water partition coefficient (Wildman–Crippen LogP) is 1.59. The van der Waals surface area contributed by atoms with E-state index in [-0.39, 0.29) is 5.91 Å². The molecular weight excluding hydrogens is 150 g/mol. The molecule has 1 amide bonds. The zero-order chi connectivity index (χ0) is 9.40. The maximum Gasteiger partial charge on any atom is 0.243 e. The minimum atomic E-state index is -0.133. The second-order valence-corrected chi connectivity index (χ2v) is 2.05. The van der Waals surface area contributed by atoms with E-state index in [0.717, 1.165) is 5.57 Å². The maximum absolute atomic E-state index is 10.8. The number of carbonyl (C=O) groups is 1. The maximum atomic E-state index is 10.8. The lowest BCUT2D eigenvalue weighted by atomic mass is 10.2. The molecular formula is C10H13NO. The van der Waals surface area contributed by atoms with Crippen LogP contribution in [0.25, 0.3) is 0 Å². The molecule has 0 saturated carbocycles. The normalized spacial score (nSPS) is 11.2. The lowest BCUT2D eigenvalue weighted by Gasteiger charge is -1.91. The molecule has 0 heterocycles. The van der Waals surface area contributed by atoms with Crippen molar-refractivity contribution in [1.82, 2.24) is 5.32 Å². The first-order valence-electron chi connectivity index (χ1n) is 3.59. The quantitative estimate of drug-likeness (QED) is 0.495. The molecule has 12 heavy (non-hydrogen) atoms. The molecule has 0 aromatic rings. The highest BCUT2D eigenvalue weighted by Crippen LogP contribution is 1.97. The number of carbonyl (C=O) groups excluding carboxylic acids is 1. The van der Waals surface area contributed by atoms with Gasteiger partial charge in [-0.15, -0.1) is 0 Å². The van der Waals surface area contributed by atoms with Crippen molar-refractivity contribution in [3.63, 3.8) is 0 Å². The highest BCUT2D eigenvalue weighted by Gasteiger charge is 1.87. The Balaban J connectivity index is 4.29. The first-order chi connectivity index (χ1) is 5.74. The third-order valence-corrected chi connectivity index (χ3v) is 1.22. The zero-order valence-corrected chi connectivity index (χ0v) is 7.21. The molecule has 0 saturated heterocycles. The second kappa shape index (κ2) is 6.16. The van der Waals surface area contributed by atoms with Crippen molar-refractivity contribution in [2.75, 3.05) is 7.05 Å². The van der Waals surface area contributed by atoms with Crippen LogP contribution in [0.1, 0.15) is 0 Å². The number of hydrogen-bond acceptors (Lipinski definition) is 1. The van der Waals surface area contributed by atoms with Crippen LogP contribution in [0, 0.1) is 0 Å². The average Bonchev–Trinajstić information content (AvgIpc) is 2.11. The van der Waals surface area contributed by atoms with Crippen LogP contribution < -0.4 is 5.32 Å². The second-order valence-electron chi connectivity index (χ2n) is 2.05. The molecule has 2 nitrogen and oxygen atoms in total. The van der Waals surface area contributed by atoms with E-state index >= 15 is 0 Å². The van der Waals surface area contributed by atoms with E-state index < -0.39 is 0 Å². The Morgan fingerprint density at radius 3 is 2.42 bits per heavy atom. The summed E-state index contributed by atoms with van der Waals surface area (Å²) in [7, 11) is 1.58. The Kier molecular flexibility index (Phi) is 5.35. The van der Waals surface area contributed by atoms with Gasteiger partial charge >= 0.3 is 0 Å². The van der Waals surface area contributed by atoms with E-state index in [2.05, 4.69) is 18.5 Å². The van der Waals surface area contributed by atoms with Crippen LogP contribution in [-0.2, 0) is 4.79 Å². The van der Waals surface area contributed by atoms with Crippen LogP contribution in [0.5, 0.6) is 0 Å². The van der Waals surface area contributed by atoms with Gasteiger partial charge in [-0.05, 0) is 11.6 Å². The van der Waals surface area contributed by atoms with Gasteiger partial charge in [0.1, 0.15) is 0 Å². The van der Waals surface area contributed by atoms with Crippen molar-refractivity contribution in [1.29, 1.82) is 0 Å². The van der Waals surface area contributed by atoms with Gasteiger partial charge in [-0.3, -0.25) is 4.79 Å². The highest BCUT2D eigenvalue weighted by molar-refractivity contribution is 5.87. The Labute approximate surface area is 73.0 Å². The Hall–Kier alpha value is -1.57. The zero-order valence-electron chi connectivity index (χ0n) is 7.21. The fraction of sp³-hybridized carbons (Fsp3) is 0.100. The first kappa shape index (κ1) is 10.4. The minimum Gasteiger partial charge on any atom is -0.356 e. The smallest absolute Gasteiger partial charge is 0.243 e. The molecule has 0 aliphatic rings. The molecule has 0 fully saturated rings. The van der Waals surface area contributed by atoms with Crippen LogP contribution >= 0.6 is 0 Å². The van der Waals surface area contributed by atoms with Gasteiger partial charge in [0.2, 0.25) is 5.91 Å². The summed E-state index contributed by atoms with van der Waals surface area (Å²) in [5.74, 6) is -0.133. The number of rotatable bonds is 4. The van der Waals surface area contributed by atoms with Crippen molar-refractivity contribution >= 4 is 5.91 Å². The molecule has 0 aliphatic carbocycles. The van der Waals surface area contributed by atoms with Crippen LogP contribution in [0.2, 0.25) is 0 Å². The van der Waals surface area contributed by atoms with Crippen molar-refractivity contribution in [2.24, 2.45) is 0 Å². The molecule has 0 aromatic carbocycles. The number of amides is 1. The number of hydrogen-bond donors (Lipinski definition) is 1. The van der Waals surface area contributed by atoms with Crippen molar-refractivity contribution in [3.8, 4) is 0 Å². The summed E-state index contributed by atoms with van der Waals surface area (Å²) < 4.78 is 0. The van der Waals surface area contributed by atoms with E-state index in [1.807, 2.05) is 0 Å². The number of allylic oxidation sites excluding steroid dienone is 5. The van der Waals surface area contributed by atoms with Gasteiger partial charge in [-0.2, -0.15) is 0 Å². The molecule has 0 bridgehead atoms. The van der Waals surface area contributed by atoms with Gasteiger partial charge in [0.15, 0.2) is 0 Å². The molecule has 1 N–H and O–H groups in total. The van der Waals surface area contributed by atoms with E-state index in [0.29, 0.717) is 0 Å². The van der Waals surface area contributed by atoms with Gasteiger partial charge in [-0.1, -0.05) is 31.4 Å². The molecule has 0 radical (unpaired) electrons. The van der Waals surface area contributed by atoms with Crippen LogP contribution in [0.4, 0.5) is 0 Å². The van der Waals surface area contributed by atoms with E-state index in [9.17, 15) is 4.79 Å². The first-order valence-corrected chi connectivity index (χ1v) is 3.59. The van der Waals surface area contributed by atoms with Gasteiger partial charge in [0, 0.05) is 13.1 Å². The molecule has 0 aromatic heterocycles. The van der Waals surface area contributed by atoms with E-state index in [1.54, 1.807) is 31.4 Å². The minimum absolute atomic E-state index is 0.133. The molecule has 0 aliphatic heterocycles. The summed E-state index contributed by atoms with van der Waals surface area (Å²) in [4.78, 5) is 10.8. The summed E-state index contributed by atoms with van der Waals surface area (Å²) in [5, 5.41) is 2.47. The highest BCUT2D eigenvalue weighted by atomic mass is 16.1. The molecule has 2 heteroatoms. The number of nitrogens with one attached hydrogen (secondary N) is 1. The van der Waals surface area contributed by atoms with Crippen molar-refractivity contribution in [2.45, 2.75) is 0 Å². The van der Waals surface area contributed by atoms with Crippen molar-refractivity contribution in [3.05, 3.63) is 49.1 Å². The fourth-order valence-corrected chi connectivity index (χ4v) is 0.583. The van der Waals surface area contributed by atoms with Gasteiger partial charge < -0.3 is 5.32 Å². The monoisotopic (exact) mass is 163 g/mol. The molecule has 0 rings (SSSR count). The van der Waals surface area contributed by atoms with Crippen LogP contribution in [-0.4, -0.2) is 13.0 Å². The summed E-state index contributed by atoms with van der Waals surface area (Å²) in [6.07, 6.45) is 8.18. The van der Waals surface area contributed by atoms with Gasteiger partial charge in [0.05, 0.1) is 0 Å². The third-order valence-electron chi connectivity index (χ3n) is 1.22. The topological polar surface area (TPSA) is 29.1 Å². The summed E-state index contributed by atoms with van der Waals surface area (Å²) in [6, 6.07) is 0. The summed E-state index contributed by atoms with van der Waals surface area (Å²) in [6.45, 7) is 7.12. The Morgan fingerprint density at radius 2 is 2.00 bits per heavy atom. The number of likely N-dealkylation sites (N-methyl/N-ethyl adjacent to an activating group) is 1. The average molecular weight is 163 g/mol. The Bertz CT molecular complexity index is 236. The molecule has 0 spiro atoms. The van der Waals surface area contributed by atoms with Gasteiger partial charge in [-0.25, -0.2) is 0 Å². The SMILES string of the molecule is C=C/C=C(C=C)/C=C/C(=O)NC. The van der Waals surface area contributed by atoms with Gasteiger partial charge in [0.25, 0.3) is 0 Å². The molecule has 0 atom stereocenters. The largest absolute Gasteiger partial charge is 0.356 e. The third kappa shape index (κ3) is 4.28. The van der Waals surface area contributed by atoms with E-state index in [4.69, 9.17) is 0 Å².